The highest BCUT2D eigenvalue weighted by molar-refractivity contribution is 5.90. The number of pyridine rings is 1. The molecule has 0 bridgehead atoms. The lowest BCUT2D eigenvalue weighted by Crippen LogP contribution is -2.27. The molecule has 0 saturated carbocycles. The zero-order valence-electron chi connectivity index (χ0n) is 12.7. The number of carbonyl (C=O) groups is 1. The topological polar surface area (TPSA) is 90.0 Å². The number of anilines is 1. The first kappa shape index (κ1) is 15.6. The highest BCUT2D eigenvalue weighted by Crippen LogP contribution is 2.16. The summed E-state index contributed by atoms with van der Waals surface area (Å²) in [6, 6.07) is 8.62. The first-order valence-electron chi connectivity index (χ1n) is 7.08. The van der Waals surface area contributed by atoms with E-state index in [9.17, 15) is 14.0 Å². The zero-order chi connectivity index (χ0) is 17.1. The highest BCUT2D eigenvalue weighted by atomic mass is 19.1. The molecule has 122 valence electrons. The Labute approximate surface area is 135 Å². The number of benzene rings is 1. The van der Waals surface area contributed by atoms with Gasteiger partial charge in [0, 0.05) is 19.2 Å². The molecule has 3 aromatic rings. The second-order valence-corrected chi connectivity index (χ2v) is 5.04. The molecule has 0 aliphatic carbocycles. The lowest BCUT2D eigenvalue weighted by atomic mass is 10.2. The van der Waals surface area contributed by atoms with Crippen molar-refractivity contribution in [3.8, 4) is 11.5 Å². The number of amides is 1. The van der Waals surface area contributed by atoms with Crippen LogP contribution < -0.4 is 10.9 Å². The van der Waals surface area contributed by atoms with Crippen LogP contribution in [0.3, 0.4) is 0 Å². The third-order valence-electron chi connectivity index (χ3n) is 3.22. The predicted octanol–water partition coefficient (Wildman–Crippen LogP) is 1.98. The number of para-hydroxylation sites is 1. The standard InChI is InChI=1S/C16H13FN4O3/c1-10-19-20-16(24-10)11-6-7-15(23)21(8-11)9-14(22)18-13-5-3-2-4-12(13)17/h2-8H,9H2,1H3,(H,18,22). The van der Waals surface area contributed by atoms with Crippen LogP contribution in [0, 0.1) is 12.7 Å². The number of aromatic nitrogens is 3. The molecular weight excluding hydrogens is 315 g/mol. The molecule has 0 atom stereocenters. The fourth-order valence-corrected chi connectivity index (χ4v) is 2.10. The van der Waals surface area contributed by atoms with Crippen LogP contribution in [0.5, 0.6) is 0 Å². The van der Waals surface area contributed by atoms with Crippen molar-refractivity contribution in [2.75, 3.05) is 5.32 Å². The van der Waals surface area contributed by atoms with Crippen molar-refractivity contribution in [1.82, 2.24) is 14.8 Å². The molecule has 1 amide bonds. The van der Waals surface area contributed by atoms with Crippen molar-refractivity contribution in [2.24, 2.45) is 0 Å². The summed E-state index contributed by atoms with van der Waals surface area (Å²) in [5.74, 6) is -0.440. The smallest absolute Gasteiger partial charge is 0.251 e. The fourth-order valence-electron chi connectivity index (χ4n) is 2.10. The van der Waals surface area contributed by atoms with Crippen molar-refractivity contribution >= 4 is 11.6 Å². The number of rotatable bonds is 4. The Kier molecular flexibility index (Phi) is 4.19. The van der Waals surface area contributed by atoms with E-state index in [0.717, 1.165) is 0 Å². The summed E-state index contributed by atoms with van der Waals surface area (Å²) in [5, 5.41) is 10.0. The fraction of sp³-hybridized carbons (Fsp3) is 0.125. The van der Waals surface area contributed by atoms with Gasteiger partial charge < -0.3 is 14.3 Å². The molecule has 7 nitrogen and oxygen atoms in total. The molecule has 0 aliphatic heterocycles. The number of hydrogen-bond donors (Lipinski definition) is 1. The molecule has 3 rings (SSSR count). The average molecular weight is 328 g/mol. The SMILES string of the molecule is Cc1nnc(-c2ccc(=O)n(CC(=O)Nc3ccccc3F)c2)o1. The van der Waals surface area contributed by atoms with Crippen molar-refractivity contribution in [1.29, 1.82) is 0 Å². The summed E-state index contributed by atoms with van der Waals surface area (Å²) >= 11 is 0. The molecular formula is C16H13FN4O3. The summed E-state index contributed by atoms with van der Waals surface area (Å²) < 4.78 is 20.0. The van der Waals surface area contributed by atoms with E-state index < -0.39 is 11.7 Å². The van der Waals surface area contributed by atoms with Crippen molar-refractivity contribution in [3.05, 3.63) is 64.7 Å². The van der Waals surface area contributed by atoms with Gasteiger partial charge in [0.05, 0.1) is 11.3 Å². The molecule has 0 aliphatic rings. The number of aryl methyl sites for hydroxylation is 1. The van der Waals surface area contributed by atoms with Crippen LogP contribution in [0.25, 0.3) is 11.5 Å². The number of hydrogen-bond acceptors (Lipinski definition) is 5. The Hall–Kier alpha value is -3.29. The van der Waals surface area contributed by atoms with Crippen LogP contribution in [-0.4, -0.2) is 20.7 Å². The van der Waals surface area contributed by atoms with Gasteiger partial charge in [-0.1, -0.05) is 12.1 Å². The summed E-state index contributed by atoms with van der Waals surface area (Å²) in [7, 11) is 0. The van der Waals surface area contributed by atoms with Gasteiger partial charge in [-0.3, -0.25) is 9.59 Å². The van der Waals surface area contributed by atoms with Gasteiger partial charge in [0.2, 0.25) is 17.7 Å². The normalized spacial score (nSPS) is 10.6. The van der Waals surface area contributed by atoms with E-state index in [-0.39, 0.29) is 23.7 Å². The van der Waals surface area contributed by atoms with Crippen LogP contribution in [0.2, 0.25) is 0 Å². The number of carbonyl (C=O) groups excluding carboxylic acids is 1. The Morgan fingerprint density at radius 1 is 1.25 bits per heavy atom. The molecule has 24 heavy (non-hydrogen) atoms. The third kappa shape index (κ3) is 3.37. The average Bonchev–Trinajstić information content (AvgIpc) is 2.98. The van der Waals surface area contributed by atoms with Gasteiger partial charge in [0.1, 0.15) is 12.4 Å². The van der Waals surface area contributed by atoms with E-state index in [0.29, 0.717) is 11.5 Å². The Balaban J connectivity index is 1.80. The summed E-state index contributed by atoms with van der Waals surface area (Å²) in [4.78, 5) is 24.0. The van der Waals surface area contributed by atoms with E-state index in [2.05, 4.69) is 15.5 Å². The van der Waals surface area contributed by atoms with E-state index in [1.807, 2.05) is 0 Å². The van der Waals surface area contributed by atoms with Crippen LogP contribution in [0.4, 0.5) is 10.1 Å². The van der Waals surface area contributed by atoms with Crippen LogP contribution in [0.15, 0.2) is 51.8 Å². The van der Waals surface area contributed by atoms with Crippen molar-refractivity contribution < 1.29 is 13.6 Å². The second-order valence-electron chi connectivity index (χ2n) is 5.04. The summed E-state index contributed by atoms with van der Waals surface area (Å²) in [6.07, 6.45) is 1.44. The predicted molar refractivity (Wildman–Crippen MR) is 83.8 cm³/mol. The minimum atomic E-state index is -0.548. The lowest BCUT2D eigenvalue weighted by Gasteiger charge is -2.08. The molecule has 8 heteroatoms. The molecule has 0 unspecified atom stereocenters. The quantitative estimate of drug-likeness (QED) is 0.791. The van der Waals surface area contributed by atoms with E-state index >= 15 is 0 Å². The van der Waals surface area contributed by atoms with Crippen LogP contribution >= 0.6 is 0 Å². The minimum Gasteiger partial charge on any atom is -0.421 e. The Morgan fingerprint density at radius 2 is 2.04 bits per heavy atom. The summed E-state index contributed by atoms with van der Waals surface area (Å²) in [5.41, 5.74) is 0.187. The first-order chi connectivity index (χ1) is 11.5. The van der Waals surface area contributed by atoms with Gasteiger partial charge in [-0.25, -0.2) is 4.39 Å². The Bertz CT molecular complexity index is 948. The maximum Gasteiger partial charge on any atom is 0.251 e. The third-order valence-corrected chi connectivity index (χ3v) is 3.22. The molecule has 0 saturated heterocycles. The zero-order valence-corrected chi connectivity index (χ0v) is 12.7. The van der Waals surface area contributed by atoms with Crippen molar-refractivity contribution in [3.63, 3.8) is 0 Å². The lowest BCUT2D eigenvalue weighted by molar-refractivity contribution is -0.116. The molecule has 0 spiro atoms. The maximum atomic E-state index is 13.5. The number of halogens is 1. The van der Waals surface area contributed by atoms with Gasteiger partial charge in [-0.05, 0) is 18.2 Å². The van der Waals surface area contributed by atoms with Gasteiger partial charge in [-0.2, -0.15) is 0 Å². The summed E-state index contributed by atoms with van der Waals surface area (Å²) in [6.45, 7) is 1.38. The van der Waals surface area contributed by atoms with E-state index in [1.165, 1.54) is 41.1 Å². The molecule has 1 aromatic carbocycles. The second kappa shape index (κ2) is 6.45. The number of nitrogens with one attached hydrogen (secondary N) is 1. The van der Waals surface area contributed by atoms with Gasteiger partial charge >= 0.3 is 0 Å². The molecule has 1 N–H and O–H groups in total. The van der Waals surface area contributed by atoms with E-state index in [1.54, 1.807) is 13.0 Å². The van der Waals surface area contributed by atoms with Crippen LogP contribution in [0.1, 0.15) is 5.89 Å². The van der Waals surface area contributed by atoms with Crippen molar-refractivity contribution in [2.45, 2.75) is 13.5 Å². The Morgan fingerprint density at radius 3 is 2.75 bits per heavy atom. The molecule has 0 fully saturated rings. The molecule has 0 radical (unpaired) electrons. The van der Waals surface area contributed by atoms with Gasteiger partial charge in [-0.15, -0.1) is 10.2 Å². The van der Waals surface area contributed by atoms with Gasteiger partial charge in [0.15, 0.2) is 0 Å². The highest BCUT2D eigenvalue weighted by Gasteiger charge is 2.11. The largest absolute Gasteiger partial charge is 0.421 e. The monoisotopic (exact) mass is 328 g/mol. The van der Waals surface area contributed by atoms with Crippen LogP contribution in [-0.2, 0) is 11.3 Å². The first-order valence-corrected chi connectivity index (χ1v) is 7.08. The maximum absolute atomic E-state index is 13.5. The molecule has 2 aromatic heterocycles. The van der Waals surface area contributed by atoms with E-state index in [4.69, 9.17) is 4.42 Å². The molecule has 2 heterocycles. The van der Waals surface area contributed by atoms with Gasteiger partial charge in [0.25, 0.3) is 5.56 Å². The number of nitrogens with zero attached hydrogens (tertiary/aromatic N) is 3. The minimum absolute atomic E-state index is 0.0548.